The molecule has 0 unspecified atom stereocenters. The van der Waals surface area contributed by atoms with Gasteiger partial charge in [0.1, 0.15) is 28.3 Å². The lowest BCUT2D eigenvalue weighted by Crippen LogP contribution is -2.36. The number of nitrogens with zero attached hydrogens (tertiary/aromatic N) is 3. The smallest absolute Gasteiger partial charge is 0.139 e. The predicted molar refractivity (Wildman–Crippen MR) is 121 cm³/mol. The van der Waals surface area contributed by atoms with Crippen molar-refractivity contribution in [3.63, 3.8) is 0 Å². The van der Waals surface area contributed by atoms with Crippen molar-refractivity contribution in [2.24, 2.45) is 0 Å². The van der Waals surface area contributed by atoms with Crippen molar-refractivity contribution in [1.29, 1.82) is 0 Å². The van der Waals surface area contributed by atoms with Crippen LogP contribution < -0.4 is 5.32 Å². The lowest BCUT2D eigenvalue weighted by atomic mass is 9.90. The van der Waals surface area contributed by atoms with E-state index in [0.29, 0.717) is 12.1 Å². The molecule has 0 amide bonds. The van der Waals surface area contributed by atoms with Crippen molar-refractivity contribution in [3.05, 3.63) is 41.5 Å². The van der Waals surface area contributed by atoms with Gasteiger partial charge in [0, 0.05) is 27.9 Å². The van der Waals surface area contributed by atoms with Gasteiger partial charge in [-0.2, -0.15) is 0 Å². The molecule has 1 saturated carbocycles. The van der Waals surface area contributed by atoms with Crippen molar-refractivity contribution in [2.45, 2.75) is 44.7 Å². The quantitative estimate of drug-likeness (QED) is 0.471. The van der Waals surface area contributed by atoms with Gasteiger partial charge in [-0.3, -0.25) is 0 Å². The zero-order valence-electron chi connectivity index (χ0n) is 17.1. The summed E-state index contributed by atoms with van der Waals surface area (Å²) in [5.74, 6) is 1.83. The third-order valence-corrected chi connectivity index (χ3v) is 7.12. The van der Waals surface area contributed by atoms with Crippen molar-refractivity contribution < 1.29 is 4.42 Å². The first-order valence-electron chi connectivity index (χ1n) is 10.3. The Bertz CT molecular complexity index is 1120. The lowest BCUT2D eigenvalue weighted by Gasteiger charge is -2.33. The maximum atomic E-state index is 6.20. The van der Waals surface area contributed by atoms with E-state index in [-0.39, 0.29) is 0 Å². The molecule has 1 fully saturated rings. The summed E-state index contributed by atoms with van der Waals surface area (Å²) in [6, 6.07) is 11.4. The molecule has 0 aliphatic heterocycles. The summed E-state index contributed by atoms with van der Waals surface area (Å²) in [4.78, 5) is 13.8. The van der Waals surface area contributed by atoms with Crippen molar-refractivity contribution >= 4 is 38.3 Å². The van der Waals surface area contributed by atoms with Crippen molar-refractivity contribution in [2.75, 3.05) is 19.4 Å². The summed E-state index contributed by atoms with van der Waals surface area (Å²) < 4.78 is 6.20. The number of rotatable bonds is 4. The molecule has 29 heavy (non-hydrogen) atoms. The first-order valence-corrected chi connectivity index (χ1v) is 11.1. The van der Waals surface area contributed by atoms with Crippen LogP contribution in [-0.4, -0.2) is 41.0 Å². The molecule has 5 rings (SSSR count). The molecule has 0 radical (unpaired) electrons. The van der Waals surface area contributed by atoms with E-state index in [2.05, 4.69) is 53.3 Å². The Labute approximate surface area is 174 Å². The highest BCUT2D eigenvalue weighted by Gasteiger charge is 2.25. The topological polar surface area (TPSA) is 54.2 Å². The largest absolute Gasteiger partial charge is 0.456 e. The number of nitrogens with one attached hydrogen (secondary N) is 1. The van der Waals surface area contributed by atoms with E-state index in [1.807, 2.05) is 18.2 Å². The average Bonchev–Trinajstić information content (AvgIpc) is 3.28. The Balaban J connectivity index is 1.52. The molecular weight excluding hydrogens is 380 g/mol. The Morgan fingerprint density at radius 1 is 1.10 bits per heavy atom. The lowest BCUT2D eigenvalue weighted by molar-refractivity contribution is 0.221. The van der Waals surface area contributed by atoms with E-state index in [0.717, 1.165) is 51.2 Å². The van der Waals surface area contributed by atoms with Crippen molar-refractivity contribution in [3.8, 4) is 11.3 Å². The van der Waals surface area contributed by atoms with Gasteiger partial charge < -0.3 is 14.6 Å². The van der Waals surface area contributed by atoms with Gasteiger partial charge in [-0.25, -0.2) is 9.97 Å². The molecule has 6 heteroatoms. The van der Waals surface area contributed by atoms with E-state index in [9.17, 15) is 0 Å². The summed E-state index contributed by atoms with van der Waals surface area (Å²) in [6.07, 6.45) is 6.44. The Morgan fingerprint density at radius 3 is 2.66 bits per heavy atom. The number of benzene rings is 1. The number of aromatic nitrogens is 2. The minimum Gasteiger partial charge on any atom is -0.456 e. The van der Waals surface area contributed by atoms with Crippen LogP contribution in [0.1, 0.15) is 30.6 Å². The fourth-order valence-electron chi connectivity index (χ4n) is 4.49. The molecule has 3 aromatic heterocycles. The van der Waals surface area contributed by atoms with Crippen LogP contribution in [0.5, 0.6) is 0 Å². The van der Waals surface area contributed by atoms with E-state index in [1.165, 1.54) is 17.7 Å². The molecule has 0 spiro atoms. The Morgan fingerprint density at radius 2 is 1.90 bits per heavy atom. The van der Waals surface area contributed by atoms with E-state index >= 15 is 0 Å². The van der Waals surface area contributed by atoms with Gasteiger partial charge in [0.2, 0.25) is 0 Å². The van der Waals surface area contributed by atoms with Crippen LogP contribution in [0, 0.1) is 6.92 Å². The number of hydrogen-bond acceptors (Lipinski definition) is 6. The number of para-hydroxylation sites is 1. The highest BCUT2D eigenvalue weighted by molar-refractivity contribution is 7.19. The summed E-state index contributed by atoms with van der Waals surface area (Å²) in [5.41, 5.74) is 2.03. The molecule has 1 aromatic carbocycles. The van der Waals surface area contributed by atoms with Gasteiger partial charge in [-0.05, 0) is 58.8 Å². The maximum absolute atomic E-state index is 6.20. The monoisotopic (exact) mass is 406 g/mol. The number of fused-ring (bicyclic) bond motifs is 2. The fourth-order valence-corrected chi connectivity index (χ4v) is 5.48. The average molecular weight is 407 g/mol. The minimum atomic E-state index is 0.452. The third kappa shape index (κ3) is 3.40. The molecule has 0 atom stereocenters. The van der Waals surface area contributed by atoms with Crippen molar-refractivity contribution in [1.82, 2.24) is 14.9 Å². The van der Waals surface area contributed by atoms with Crippen LogP contribution >= 0.6 is 11.3 Å². The summed E-state index contributed by atoms with van der Waals surface area (Å²) >= 11 is 1.71. The minimum absolute atomic E-state index is 0.452. The van der Waals surface area contributed by atoms with Crippen LogP contribution in [-0.2, 0) is 0 Å². The number of hydrogen-bond donors (Lipinski definition) is 1. The molecule has 3 heterocycles. The second kappa shape index (κ2) is 7.43. The van der Waals surface area contributed by atoms with Crippen LogP contribution in [0.2, 0.25) is 0 Å². The van der Waals surface area contributed by atoms with Gasteiger partial charge in [0.25, 0.3) is 0 Å². The number of furan rings is 1. The fraction of sp³-hybridized carbons (Fsp3) is 0.391. The van der Waals surface area contributed by atoms with Crippen LogP contribution in [0.15, 0.2) is 41.1 Å². The predicted octanol–water partition coefficient (Wildman–Crippen LogP) is 5.70. The number of aryl methyl sites for hydroxylation is 1. The van der Waals surface area contributed by atoms with Crippen LogP contribution in [0.3, 0.4) is 0 Å². The highest BCUT2D eigenvalue weighted by Crippen LogP contribution is 2.42. The molecule has 0 saturated heterocycles. The van der Waals surface area contributed by atoms with E-state index in [4.69, 9.17) is 4.42 Å². The molecule has 1 aliphatic carbocycles. The Hall–Kier alpha value is -2.44. The van der Waals surface area contributed by atoms with E-state index < -0.39 is 0 Å². The SMILES string of the molecule is Cc1sc2ncnc(N[C@H]3CC[C@H](N(C)C)CC3)c2c1-c1cc2ccccc2o1. The normalized spacial score (nSPS) is 20.0. The second-order valence-corrected chi connectivity index (χ2v) is 9.40. The van der Waals surface area contributed by atoms with Gasteiger partial charge in [0.15, 0.2) is 0 Å². The first kappa shape index (κ1) is 18.6. The zero-order chi connectivity index (χ0) is 20.0. The highest BCUT2D eigenvalue weighted by atomic mass is 32.1. The van der Waals surface area contributed by atoms with Crippen LogP contribution in [0.4, 0.5) is 5.82 Å². The summed E-state index contributed by atoms with van der Waals surface area (Å²) in [5, 5.41) is 5.94. The molecule has 1 N–H and O–H groups in total. The van der Waals surface area contributed by atoms with Gasteiger partial charge >= 0.3 is 0 Å². The van der Waals surface area contributed by atoms with Crippen LogP contribution in [0.25, 0.3) is 32.5 Å². The molecule has 5 nitrogen and oxygen atoms in total. The summed E-state index contributed by atoms with van der Waals surface area (Å²) in [7, 11) is 4.36. The number of thiophene rings is 1. The molecular formula is C23H26N4OS. The first-order chi connectivity index (χ1) is 14.1. The molecule has 1 aliphatic rings. The summed E-state index contributed by atoms with van der Waals surface area (Å²) in [6.45, 7) is 2.14. The van der Waals surface area contributed by atoms with Gasteiger partial charge in [-0.1, -0.05) is 18.2 Å². The molecule has 0 bridgehead atoms. The standard InChI is InChI=1S/C23H26N4OS/c1-14-20(19-12-15-6-4-5-7-18(15)28-19)21-22(24-13-25-23(21)29-14)26-16-8-10-17(11-9-16)27(2)3/h4-7,12-13,16-17H,8-11H2,1-3H3,(H,24,25,26)/t16-,17-. The maximum Gasteiger partial charge on any atom is 0.139 e. The molecule has 150 valence electrons. The Kier molecular flexibility index (Phi) is 4.76. The van der Waals surface area contributed by atoms with Gasteiger partial charge in [0.05, 0.1) is 5.39 Å². The zero-order valence-corrected chi connectivity index (χ0v) is 17.9. The second-order valence-electron chi connectivity index (χ2n) is 8.20. The molecule has 4 aromatic rings. The number of anilines is 1. The van der Waals surface area contributed by atoms with Gasteiger partial charge in [-0.15, -0.1) is 11.3 Å². The van der Waals surface area contributed by atoms with E-state index in [1.54, 1.807) is 17.7 Å². The third-order valence-electron chi connectivity index (χ3n) is 6.10.